The Morgan fingerprint density at radius 2 is 2.12 bits per heavy atom. The molecule has 1 aromatic carbocycles. The molecule has 0 bridgehead atoms. The van der Waals surface area contributed by atoms with Gasteiger partial charge >= 0.3 is 5.97 Å². The summed E-state index contributed by atoms with van der Waals surface area (Å²) in [5.74, 6) is 0.208. The summed E-state index contributed by atoms with van der Waals surface area (Å²) >= 11 is 0. The van der Waals surface area contributed by atoms with Gasteiger partial charge in [0.25, 0.3) is 0 Å². The molecule has 3 rings (SSSR count). The van der Waals surface area contributed by atoms with E-state index in [1.54, 1.807) is 12.1 Å². The second-order valence-corrected chi connectivity index (χ2v) is 5.91. The van der Waals surface area contributed by atoms with E-state index >= 15 is 0 Å². The maximum Gasteiger partial charge on any atom is 0.358 e. The number of aromatic nitrogens is 2. The molecular weight excluding hydrogens is 320 g/mol. The van der Waals surface area contributed by atoms with Crippen molar-refractivity contribution >= 4 is 23.4 Å². The molecule has 25 heavy (non-hydrogen) atoms. The number of ether oxygens (including phenoxy) is 1. The lowest BCUT2D eigenvalue weighted by Gasteiger charge is -2.19. The summed E-state index contributed by atoms with van der Waals surface area (Å²) in [6, 6.07) is 11.1. The van der Waals surface area contributed by atoms with Crippen molar-refractivity contribution in [1.82, 2.24) is 10.2 Å². The SMILES string of the molecule is COC(=O)c1ccc(N[C@@H](C)c2cccc(N3CCCC3=O)c2)nn1. The van der Waals surface area contributed by atoms with Crippen molar-refractivity contribution in [3.05, 3.63) is 47.7 Å². The average molecular weight is 340 g/mol. The van der Waals surface area contributed by atoms with E-state index in [2.05, 4.69) is 20.3 Å². The normalized spacial score (nSPS) is 15.1. The smallest absolute Gasteiger partial charge is 0.358 e. The molecule has 1 N–H and O–H groups in total. The van der Waals surface area contributed by atoms with E-state index in [0.29, 0.717) is 12.2 Å². The molecule has 7 nitrogen and oxygen atoms in total. The van der Waals surface area contributed by atoms with Crippen LogP contribution in [0.5, 0.6) is 0 Å². The topological polar surface area (TPSA) is 84.4 Å². The predicted molar refractivity (Wildman–Crippen MR) is 93.4 cm³/mol. The van der Waals surface area contributed by atoms with Gasteiger partial charge in [0.1, 0.15) is 5.82 Å². The minimum Gasteiger partial charge on any atom is -0.464 e. The highest BCUT2D eigenvalue weighted by atomic mass is 16.5. The number of hydrogen-bond donors (Lipinski definition) is 1. The molecule has 1 amide bonds. The van der Waals surface area contributed by atoms with Crippen molar-refractivity contribution in [3.63, 3.8) is 0 Å². The van der Waals surface area contributed by atoms with Gasteiger partial charge in [0, 0.05) is 18.7 Å². The first kappa shape index (κ1) is 16.9. The second-order valence-electron chi connectivity index (χ2n) is 5.91. The van der Waals surface area contributed by atoms with E-state index in [1.165, 1.54) is 7.11 Å². The molecule has 1 aliphatic rings. The van der Waals surface area contributed by atoms with Crippen LogP contribution in [0.1, 0.15) is 41.9 Å². The Hall–Kier alpha value is -2.96. The van der Waals surface area contributed by atoms with Crippen molar-refractivity contribution < 1.29 is 14.3 Å². The Balaban J connectivity index is 1.71. The molecule has 0 aliphatic carbocycles. The molecule has 130 valence electrons. The number of methoxy groups -OCH3 is 1. The van der Waals surface area contributed by atoms with Gasteiger partial charge in [-0.15, -0.1) is 10.2 Å². The number of anilines is 2. The summed E-state index contributed by atoms with van der Waals surface area (Å²) in [7, 11) is 1.30. The van der Waals surface area contributed by atoms with Crippen molar-refractivity contribution in [2.45, 2.75) is 25.8 Å². The van der Waals surface area contributed by atoms with Gasteiger partial charge in [0.05, 0.1) is 13.2 Å². The minimum absolute atomic E-state index is 0.0315. The van der Waals surface area contributed by atoms with Gasteiger partial charge in [-0.25, -0.2) is 4.79 Å². The maximum atomic E-state index is 11.9. The number of carbonyl (C=O) groups is 2. The van der Waals surface area contributed by atoms with Gasteiger partial charge in [-0.1, -0.05) is 12.1 Å². The van der Waals surface area contributed by atoms with Gasteiger partial charge in [-0.2, -0.15) is 0 Å². The van der Waals surface area contributed by atoms with Crippen LogP contribution < -0.4 is 10.2 Å². The van der Waals surface area contributed by atoms with Gasteiger partial charge in [-0.05, 0) is 43.2 Å². The Labute approximate surface area is 146 Å². The van der Waals surface area contributed by atoms with Crippen LogP contribution in [0.2, 0.25) is 0 Å². The minimum atomic E-state index is -0.518. The number of nitrogens with one attached hydrogen (secondary N) is 1. The molecule has 2 heterocycles. The molecule has 0 saturated carbocycles. The molecular formula is C18H20N4O3. The Morgan fingerprint density at radius 3 is 2.76 bits per heavy atom. The van der Waals surface area contributed by atoms with Crippen LogP contribution >= 0.6 is 0 Å². The highest BCUT2D eigenvalue weighted by Crippen LogP contribution is 2.26. The first-order valence-electron chi connectivity index (χ1n) is 8.17. The van der Waals surface area contributed by atoms with Crippen LogP contribution in [0, 0.1) is 0 Å². The monoisotopic (exact) mass is 340 g/mol. The quantitative estimate of drug-likeness (QED) is 0.842. The Morgan fingerprint density at radius 1 is 1.28 bits per heavy atom. The second kappa shape index (κ2) is 7.29. The molecule has 0 radical (unpaired) electrons. The zero-order valence-electron chi connectivity index (χ0n) is 14.2. The number of hydrogen-bond acceptors (Lipinski definition) is 6. The number of carbonyl (C=O) groups excluding carboxylic acids is 2. The van der Waals surface area contributed by atoms with Crippen molar-refractivity contribution in [1.29, 1.82) is 0 Å². The van der Waals surface area contributed by atoms with Crippen LogP contribution in [-0.2, 0) is 9.53 Å². The summed E-state index contributed by atoms with van der Waals surface area (Å²) < 4.78 is 4.60. The highest BCUT2D eigenvalue weighted by molar-refractivity contribution is 5.95. The maximum absolute atomic E-state index is 11.9. The zero-order chi connectivity index (χ0) is 17.8. The number of benzene rings is 1. The molecule has 2 aromatic rings. The number of rotatable bonds is 5. The molecule has 1 saturated heterocycles. The van der Waals surface area contributed by atoms with E-state index in [9.17, 15) is 9.59 Å². The summed E-state index contributed by atoms with van der Waals surface area (Å²) in [5, 5.41) is 11.1. The number of nitrogens with zero attached hydrogens (tertiary/aromatic N) is 3. The van der Waals surface area contributed by atoms with Crippen LogP contribution in [-0.4, -0.2) is 35.7 Å². The summed E-state index contributed by atoms with van der Waals surface area (Å²) in [4.78, 5) is 25.1. The van der Waals surface area contributed by atoms with Crippen LogP contribution in [0.3, 0.4) is 0 Å². The van der Waals surface area contributed by atoms with E-state index < -0.39 is 5.97 Å². The van der Waals surface area contributed by atoms with E-state index in [4.69, 9.17) is 0 Å². The summed E-state index contributed by atoms with van der Waals surface area (Å²) in [5.41, 5.74) is 2.12. The number of amides is 1. The zero-order valence-corrected chi connectivity index (χ0v) is 14.2. The molecule has 0 spiro atoms. The Kier molecular flexibility index (Phi) is 4.92. The molecule has 1 aliphatic heterocycles. The number of esters is 1. The van der Waals surface area contributed by atoms with E-state index in [1.807, 2.05) is 36.1 Å². The van der Waals surface area contributed by atoms with Crippen LogP contribution in [0.25, 0.3) is 0 Å². The molecule has 7 heteroatoms. The third-order valence-corrected chi connectivity index (χ3v) is 4.18. The highest BCUT2D eigenvalue weighted by Gasteiger charge is 2.22. The lowest BCUT2D eigenvalue weighted by molar-refractivity contribution is -0.117. The lowest BCUT2D eigenvalue weighted by atomic mass is 10.1. The first-order chi connectivity index (χ1) is 12.1. The van der Waals surface area contributed by atoms with E-state index in [-0.39, 0.29) is 17.6 Å². The standard InChI is InChI=1S/C18H20N4O3/c1-12(19-16-9-8-15(20-21-16)18(24)25-2)13-5-3-6-14(11-13)22-10-4-7-17(22)23/h3,5-6,8-9,11-12H,4,7,10H2,1-2H3,(H,19,21)/t12-/m0/s1. The fourth-order valence-corrected chi connectivity index (χ4v) is 2.81. The van der Waals surface area contributed by atoms with Gasteiger partial charge in [0.2, 0.25) is 5.91 Å². The van der Waals surface area contributed by atoms with Crippen molar-refractivity contribution in [2.75, 3.05) is 23.9 Å². The third-order valence-electron chi connectivity index (χ3n) is 4.18. The fraction of sp³-hybridized carbons (Fsp3) is 0.333. The van der Waals surface area contributed by atoms with Gasteiger partial charge in [0.15, 0.2) is 5.69 Å². The van der Waals surface area contributed by atoms with Crippen LogP contribution in [0.15, 0.2) is 36.4 Å². The Bertz CT molecular complexity index is 776. The molecule has 1 fully saturated rings. The van der Waals surface area contributed by atoms with Gasteiger partial charge < -0.3 is 15.0 Å². The van der Waals surface area contributed by atoms with Crippen molar-refractivity contribution in [3.8, 4) is 0 Å². The largest absolute Gasteiger partial charge is 0.464 e. The van der Waals surface area contributed by atoms with Crippen LogP contribution in [0.4, 0.5) is 11.5 Å². The summed E-state index contributed by atoms with van der Waals surface area (Å²) in [6.07, 6.45) is 1.51. The van der Waals surface area contributed by atoms with E-state index in [0.717, 1.165) is 24.2 Å². The fourth-order valence-electron chi connectivity index (χ4n) is 2.81. The third kappa shape index (κ3) is 3.76. The lowest BCUT2D eigenvalue weighted by Crippen LogP contribution is -2.23. The van der Waals surface area contributed by atoms with Gasteiger partial charge in [-0.3, -0.25) is 4.79 Å². The predicted octanol–water partition coefficient (Wildman–Crippen LogP) is 2.56. The molecule has 1 atom stereocenters. The summed E-state index contributed by atoms with van der Waals surface area (Å²) in [6.45, 7) is 2.77. The average Bonchev–Trinajstić information content (AvgIpc) is 3.07. The van der Waals surface area contributed by atoms with Crippen molar-refractivity contribution in [2.24, 2.45) is 0 Å². The first-order valence-corrected chi connectivity index (χ1v) is 8.17. The molecule has 0 unspecified atom stereocenters. The molecule has 1 aromatic heterocycles.